The summed E-state index contributed by atoms with van der Waals surface area (Å²) in [6.45, 7) is 20.1. The number of likely N-dealkylation sites (N-methyl/N-ethyl adjacent to an activating group) is 1. The molecule has 2 N–H and O–H groups in total. The number of piperazine rings is 1. The normalized spacial score (nSPS) is 25.7. The van der Waals surface area contributed by atoms with Crippen molar-refractivity contribution in [2.45, 2.75) is 128 Å². The average Bonchev–Trinajstić information content (AvgIpc) is 3.70. The maximum Gasteiger partial charge on any atom is 0.514 e. The Morgan fingerprint density at radius 3 is 2.34 bits per heavy atom. The van der Waals surface area contributed by atoms with Gasteiger partial charge in [-0.1, -0.05) is 13.0 Å². The minimum absolute atomic E-state index is 0.00798. The van der Waals surface area contributed by atoms with Crippen molar-refractivity contribution < 1.29 is 57.6 Å². The Hall–Kier alpha value is -4.61. The van der Waals surface area contributed by atoms with Gasteiger partial charge < -0.3 is 43.2 Å². The summed E-state index contributed by atoms with van der Waals surface area (Å²) in [4.78, 5) is 45.1. The molecule has 5 aliphatic rings. The van der Waals surface area contributed by atoms with E-state index in [2.05, 4.69) is 35.2 Å². The number of rotatable bonds is 6. The number of methoxy groups -OCH3 is 2. The average molecular weight is 906 g/mol. The summed E-state index contributed by atoms with van der Waals surface area (Å²) in [6.07, 6.45) is 0.387. The number of thioether (sulfide) groups is 1. The van der Waals surface area contributed by atoms with Gasteiger partial charge in [0.05, 0.1) is 26.3 Å². The number of aryl methyl sites for hydroxylation is 1. The van der Waals surface area contributed by atoms with E-state index >= 15 is 4.79 Å². The Morgan fingerprint density at radius 2 is 1.66 bits per heavy atom. The first-order valence-electron chi connectivity index (χ1n) is 22.0. The number of aromatic hydroxyl groups is 1. The molecule has 6 atom stereocenters. The van der Waals surface area contributed by atoms with Crippen LogP contribution in [0, 0.1) is 20.8 Å². The molecular weight excluding hydrogens is 843 g/mol. The van der Waals surface area contributed by atoms with Gasteiger partial charge in [0.1, 0.15) is 17.8 Å². The van der Waals surface area contributed by atoms with E-state index in [1.54, 1.807) is 51.8 Å². The first kappa shape index (κ1) is 45.9. The molecule has 2 saturated heterocycles. The zero-order valence-corrected chi connectivity index (χ0v) is 40.1. The van der Waals surface area contributed by atoms with Gasteiger partial charge in [-0.05, 0) is 117 Å². The van der Waals surface area contributed by atoms with Crippen molar-refractivity contribution in [3.05, 3.63) is 62.7 Å². The number of hydrogen-bond donors (Lipinski definition) is 2. The van der Waals surface area contributed by atoms with Crippen LogP contribution in [-0.2, 0) is 37.5 Å². The number of ether oxygens (including phenoxy) is 7. The lowest BCUT2D eigenvalue weighted by Crippen LogP contribution is -2.65. The van der Waals surface area contributed by atoms with Crippen molar-refractivity contribution in [2.24, 2.45) is 0 Å². The number of hydrogen-bond acceptors (Lipinski definition) is 16. The predicted octanol–water partition coefficient (Wildman–Crippen LogP) is 7.53. The molecule has 5 heterocycles. The van der Waals surface area contributed by atoms with Crippen LogP contribution in [0.1, 0.15) is 105 Å². The minimum atomic E-state index is -1.33. The van der Waals surface area contributed by atoms with E-state index in [1.165, 1.54) is 7.11 Å². The number of phenols is 1. The molecule has 15 nitrogen and oxygen atoms in total. The Balaban J connectivity index is 1.30. The minimum Gasteiger partial charge on any atom is -0.504 e. The summed E-state index contributed by atoms with van der Waals surface area (Å²) in [6, 6.07) is 4.63. The van der Waals surface area contributed by atoms with E-state index in [9.17, 15) is 9.90 Å². The summed E-state index contributed by atoms with van der Waals surface area (Å²) in [5.74, 6) is 2.53. The third-order valence-electron chi connectivity index (χ3n) is 13.1. The van der Waals surface area contributed by atoms with Gasteiger partial charge in [0.2, 0.25) is 6.79 Å². The Morgan fingerprint density at radius 1 is 0.922 bits per heavy atom. The van der Waals surface area contributed by atoms with Crippen molar-refractivity contribution in [2.75, 3.05) is 53.5 Å². The molecule has 0 aliphatic carbocycles. The Labute approximate surface area is 380 Å². The van der Waals surface area contributed by atoms with Crippen molar-refractivity contribution in [1.82, 2.24) is 15.1 Å². The van der Waals surface area contributed by atoms with Gasteiger partial charge in [-0.15, -0.1) is 0 Å². The fourth-order valence-corrected chi connectivity index (χ4v) is 11.6. The monoisotopic (exact) mass is 905 g/mol. The van der Waals surface area contributed by atoms with Crippen LogP contribution >= 0.6 is 11.8 Å². The third kappa shape index (κ3) is 8.07. The number of nitrogens with one attached hydrogen (secondary N) is 1. The summed E-state index contributed by atoms with van der Waals surface area (Å²) < 4.78 is 42.0. The molecule has 3 aromatic rings. The van der Waals surface area contributed by atoms with E-state index in [0.29, 0.717) is 60.2 Å². The number of carbonyl (C=O) groups excluding carboxylic acids is 2. The highest BCUT2D eigenvalue weighted by Crippen LogP contribution is 2.56. The fraction of sp³-hybridized carbons (Fsp3) is 0.583. The standard InChI is InChI=1S/C48H63N3O12S/c1-24-16-29-17-30-20-51-32(35-25(2)41(62-63-47(8,9)10)26(3)42-43(35)59-23-58-42)21-57-44(53)48(22-64-27(4)37(51)38(50(30)11)36(29)39(52)40(24)56-13)31-19-33(55-12)34(18-28(31)14-15-49-48)60-45(54)61-46(5,6)7/h16,18-19,27,30,32,37-38,49,52H,14-15,17,20-23H2,1-13H3/t27?,30?,32?,37?,38?,48-/m1/s1. The van der Waals surface area contributed by atoms with Crippen molar-refractivity contribution in [3.8, 4) is 40.2 Å². The lowest BCUT2D eigenvalue weighted by Gasteiger charge is -2.58. The second-order valence-corrected chi connectivity index (χ2v) is 20.9. The highest BCUT2D eigenvalue weighted by Gasteiger charge is 2.54. The van der Waals surface area contributed by atoms with Crippen LogP contribution in [-0.4, -0.2) is 109 Å². The lowest BCUT2D eigenvalue weighted by molar-refractivity contribution is -0.275. The van der Waals surface area contributed by atoms with E-state index in [4.69, 9.17) is 42.9 Å². The molecule has 0 saturated carbocycles. The molecule has 2 bridgehead atoms. The molecule has 2 fully saturated rings. The van der Waals surface area contributed by atoms with E-state index in [1.807, 2.05) is 41.5 Å². The molecule has 5 unspecified atom stereocenters. The van der Waals surface area contributed by atoms with E-state index in [-0.39, 0.29) is 54.0 Å². The second-order valence-electron chi connectivity index (χ2n) is 19.6. The number of nitrogens with zero attached hydrogens (tertiary/aromatic N) is 2. The number of fused-ring (bicyclic) bond motifs is 9. The highest BCUT2D eigenvalue weighted by molar-refractivity contribution is 8.00. The molecule has 8 rings (SSSR count). The van der Waals surface area contributed by atoms with Crippen molar-refractivity contribution >= 4 is 23.9 Å². The van der Waals surface area contributed by atoms with Gasteiger partial charge in [0.15, 0.2) is 45.8 Å². The largest absolute Gasteiger partial charge is 0.514 e. The highest BCUT2D eigenvalue weighted by atomic mass is 32.2. The van der Waals surface area contributed by atoms with Crippen LogP contribution in [0.5, 0.6) is 40.2 Å². The smallest absolute Gasteiger partial charge is 0.504 e. The lowest BCUT2D eigenvalue weighted by atomic mass is 9.77. The van der Waals surface area contributed by atoms with Crippen LogP contribution in [0.15, 0.2) is 18.2 Å². The Kier molecular flexibility index (Phi) is 12.2. The van der Waals surface area contributed by atoms with Gasteiger partial charge in [-0.25, -0.2) is 9.59 Å². The number of phenolic OH excluding ortho intramolecular Hbond substituents is 1. The molecule has 348 valence electrons. The van der Waals surface area contributed by atoms with Crippen LogP contribution in [0.3, 0.4) is 0 Å². The van der Waals surface area contributed by atoms with Crippen molar-refractivity contribution in [1.29, 1.82) is 0 Å². The van der Waals surface area contributed by atoms with Crippen LogP contribution in [0.2, 0.25) is 0 Å². The molecule has 64 heavy (non-hydrogen) atoms. The quantitative estimate of drug-likeness (QED) is 0.108. The summed E-state index contributed by atoms with van der Waals surface area (Å²) in [7, 11) is 5.22. The molecule has 5 aliphatic heterocycles. The molecule has 16 heteroatoms. The first-order chi connectivity index (χ1) is 30.2. The molecule has 0 amide bonds. The number of cyclic esters (lactones) is 1. The third-order valence-corrected chi connectivity index (χ3v) is 14.5. The summed E-state index contributed by atoms with van der Waals surface area (Å²) in [5.41, 5.74) is 3.85. The van der Waals surface area contributed by atoms with Crippen LogP contribution < -0.4 is 33.9 Å². The van der Waals surface area contributed by atoms with Gasteiger partial charge in [0.25, 0.3) is 0 Å². The zero-order chi connectivity index (χ0) is 46.2. The van der Waals surface area contributed by atoms with Gasteiger partial charge in [0, 0.05) is 58.4 Å². The predicted molar refractivity (Wildman–Crippen MR) is 240 cm³/mol. The zero-order valence-electron chi connectivity index (χ0n) is 39.3. The molecule has 3 aromatic carbocycles. The first-order valence-corrected chi connectivity index (χ1v) is 23.0. The summed E-state index contributed by atoms with van der Waals surface area (Å²) >= 11 is 1.66. The van der Waals surface area contributed by atoms with Crippen LogP contribution in [0.4, 0.5) is 4.79 Å². The number of esters is 1. The van der Waals surface area contributed by atoms with Crippen LogP contribution in [0.25, 0.3) is 0 Å². The van der Waals surface area contributed by atoms with E-state index in [0.717, 1.165) is 38.9 Å². The van der Waals surface area contributed by atoms with Gasteiger partial charge >= 0.3 is 12.1 Å². The Bertz CT molecular complexity index is 2340. The van der Waals surface area contributed by atoms with Gasteiger partial charge in [-0.3, -0.25) is 15.1 Å². The SMILES string of the molecule is COc1cc2c(cc1OC(=O)OC(C)(C)C)CCN[C@]21CSC(C)C2C3c4c(cc(C)c(OC)c4O)CC(CN2C(c2c(C)c(OOC(C)(C)C)c(C)c4c2OCO4)COC1=O)N3C. The van der Waals surface area contributed by atoms with E-state index < -0.39 is 34.9 Å². The molecule has 0 radical (unpaired) electrons. The molecule has 0 aromatic heterocycles. The fourth-order valence-electron chi connectivity index (χ4n) is 10.3. The van der Waals surface area contributed by atoms with Gasteiger partial charge in [-0.2, -0.15) is 16.6 Å². The molecular formula is C48H63N3O12S. The topological polar surface area (TPSA) is 156 Å². The maximum absolute atomic E-state index is 15.2. The number of benzene rings is 3. The molecule has 1 spiro atoms. The maximum atomic E-state index is 15.2. The summed E-state index contributed by atoms with van der Waals surface area (Å²) in [5, 5.41) is 15.6. The number of carbonyl (C=O) groups is 2. The van der Waals surface area contributed by atoms with Crippen molar-refractivity contribution in [3.63, 3.8) is 0 Å². The second kappa shape index (κ2) is 17.0.